The minimum atomic E-state index is -0.531. The van der Waals surface area contributed by atoms with Gasteiger partial charge in [-0.3, -0.25) is 0 Å². The molecule has 2 aromatic rings. The van der Waals surface area contributed by atoms with Gasteiger partial charge in [0.1, 0.15) is 24.0 Å². The Balaban J connectivity index is 1.84. The number of anilines is 1. The zero-order chi connectivity index (χ0) is 14.5. The fourth-order valence-corrected chi connectivity index (χ4v) is 2.29. The van der Waals surface area contributed by atoms with Crippen molar-refractivity contribution in [3.05, 3.63) is 57.5 Å². The second-order valence-corrected chi connectivity index (χ2v) is 5.24. The number of halogens is 4. The summed E-state index contributed by atoms with van der Waals surface area (Å²) in [4.78, 5) is 0. The van der Waals surface area contributed by atoms with Crippen LogP contribution in [0.25, 0.3) is 0 Å². The van der Waals surface area contributed by atoms with Gasteiger partial charge in [-0.1, -0.05) is 11.6 Å². The third-order valence-electron chi connectivity index (χ3n) is 2.51. The van der Waals surface area contributed by atoms with Gasteiger partial charge in [0, 0.05) is 18.3 Å². The molecule has 0 aliphatic heterocycles. The molecule has 0 bridgehead atoms. The van der Waals surface area contributed by atoms with Gasteiger partial charge in [-0.05, 0) is 46.3 Å². The summed E-state index contributed by atoms with van der Waals surface area (Å²) < 4.78 is 32.0. The average Bonchev–Trinajstić information content (AvgIpc) is 2.42. The smallest absolute Gasteiger partial charge is 0.145 e. The summed E-state index contributed by atoms with van der Waals surface area (Å²) in [6.45, 7) is 0.833. The van der Waals surface area contributed by atoms with Crippen LogP contribution in [-0.2, 0) is 0 Å². The van der Waals surface area contributed by atoms with Crippen molar-refractivity contribution >= 4 is 33.2 Å². The van der Waals surface area contributed by atoms with Crippen LogP contribution in [0.5, 0.6) is 5.75 Å². The van der Waals surface area contributed by atoms with E-state index in [4.69, 9.17) is 16.3 Å². The van der Waals surface area contributed by atoms with E-state index in [9.17, 15) is 8.78 Å². The Morgan fingerprint density at radius 2 is 1.85 bits per heavy atom. The molecule has 106 valence electrons. The van der Waals surface area contributed by atoms with Crippen molar-refractivity contribution in [1.82, 2.24) is 0 Å². The van der Waals surface area contributed by atoms with E-state index in [1.165, 1.54) is 24.3 Å². The number of hydrogen-bond donors (Lipinski definition) is 1. The Bertz CT molecular complexity index is 592. The molecule has 20 heavy (non-hydrogen) atoms. The van der Waals surface area contributed by atoms with E-state index in [-0.39, 0.29) is 10.8 Å². The van der Waals surface area contributed by atoms with E-state index < -0.39 is 5.82 Å². The summed E-state index contributed by atoms with van der Waals surface area (Å²) in [6.07, 6.45) is 0. The minimum absolute atomic E-state index is 0.0358. The standard InChI is InChI=1S/C14H11BrClF2NO/c15-11-7-12(16)13(18)8-14(11)20-6-5-19-10-3-1-9(17)2-4-10/h1-4,7-8,19H,5-6H2. The van der Waals surface area contributed by atoms with Gasteiger partial charge >= 0.3 is 0 Å². The van der Waals surface area contributed by atoms with Crippen molar-refractivity contribution in [2.75, 3.05) is 18.5 Å². The Hall–Kier alpha value is -1.33. The van der Waals surface area contributed by atoms with E-state index in [1.54, 1.807) is 12.1 Å². The number of ether oxygens (including phenoxy) is 1. The Kier molecular flexibility index (Phi) is 5.20. The highest BCUT2D eigenvalue weighted by atomic mass is 79.9. The first-order valence-electron chi connectivity index (χ1n) is 5.83. The van der Waals surface area contributed by atoms with Gasteiger partial charge in [-0.25, -0.2) is 8.78 Å². The minimum Gasteiger partial charge on any atom is -0.490 e. The summed E-state index contributed by atoms with van der Waals surface area (Å²) in [7, 11) is 0. The van der Waals surface area contributed by atoms with Gasteiger partial charge < -0.3 is 10.1 Å². The van der Waals surface area contributed by atoms with E-state index in [0.717, 1.165) is 5.69 Å². The van der Waals surface area contributed by atoms with Gasteiger partial charge in [0.15, 0.2) is 0 Å². The molecule has 0 heterocycles. The molecule has 0 saturated carbocycles. The molecule has 0 unspecified atom stereocenters. The highest BCUT2D eigenvalue weighted by Crippen LogP contribution is 2.30. The number of hydrogen-bond acceptors (Lipinski definition) is 2. The summed E-state index contributed by atoms with van der Waals surface area (Å²) >= 11 is 8.88. The van der Waals surface area contributed by atoms with Crippen molar-refractivity contribution in [1.29, 1.82) is 0 Å². The van der Waals surface area contributed by atoms with Crippen molar-refractivity contribution in [3.63, 3.8) is 0 Å². The quantitative estimate of drug-likeness (QED) is 0.605. The maximum atomic E-state index is 13.3. The largest absolute Gasteiger partial charge is 0.490 e. The predicted molar refractivity (Wildman–Crippen MR) is 79.5 cm³/mol. The van der Waals surface area contributed by atoms with Crippen LogP contribution in [-0.4, -0.2) is 13.2 Å². The van der Waals surface area contributed by atoms with Gasteiger partial charge in [-0.2, -0.15) is 0 Å². The van der Waals surface area contributed by atoms with Gasteiger partial charge in [0.2, 0.25) is 0 Å². The lowest BCUT2D eigenvalue weighted by Crippen LogP contribution is -2.11. The van der Waals surface area contributed by atoms with Crippen molar-refractivity contribution in [2.24, 2.45) is 0 Å². The Morgan fingerprint density at radius 3 is 2.55 bits per heavy atom. The first-order chi connectivity index (χ1) is 9.56. The SMILES string of the molecule is Fc1ccc(NCCOc2cc(F)c(Cl)cc2Br)cc1. The number of rotatable bonds is 5. The molecule has 0 aliphatic rings. The molecule has 0 amide bonds. The second kappa shape index (κ2) is 6.90. The molecule has 0 saturated heterocycles. The molecule has 0 aromatic heterocycles. The lowest BCUT2D eigenvalue weighted by molar-refractivity contribution is 0.329. The third-order valence-corrected chi connectivity index (χ3v) is 3.42. The lowest BCUT2D eigenvalue weighted by Gasteiger charge is -2.10. The molecule has 1 N–H and O–H groups in total. The van der Waals surface area contributed by atoms with Crippen LogP contribution >= 0.6 is 27.5 Å². The molecule has 0 spiro atoms. The third kappa shape index (κ3) is 4.08. The molecular weight excluding hydrogens is 352 g/mol. The zero-order valence-corrected chi connectivity index (χ0v) is 12.6. The number of benzene rings is 2. The van der Waals surface area contributed by atoms with Crippen LogP contribution in [0.15, 0.2) is 40.9 Å². The van der Waals surface area contributed by atoms with E-state index in [0.29, 0.717) is 23.4 Å². The zero-order valence-electron chi connectivity index (χ0n) is 10.3. The molecule has 6 heteroatoms. The molecular formula is C14H11BrClF2NO. The fourth-order valence-electron chi connectivity index (χ4n) is 1.54. The van der Waals surface area contributed by atoms with Gasteiger partial charge in [-0.15, -0.1) is 0 Å². The maximum Gasteiger partial charge on any atom is 0.145 e. The van der Waals surface area contributed by atoms with E-state index in [1.807, 2.05) is 0 Å². The second-order valence-electron chi connectivity index (χ2n) is 3.98. The van der Waals surface area contributed by atoms with Crippen LogP contribution in [0.2, 0.25) is 5.02 Å². The molecule has 0 aliphatic carbocycles. The van der Waals surface area contributed by atoms with Crippen molar-refractivity contribution < 1.29 is 13.5 Å². The molecule has 0 radical (unpaired) electrons. The van der Waals surface area contributed by atoms with Crippen molar-refractivity contribution in [2.45, 2.75) is 0 Å². The van der Waals surface area contributed by atoms with Crippen LogP contribution in [0.3, 0.4) is 0 Å². The first kappa shape index (κ1) is 15.1. The van der Waals surface area contributed by atoms with E-state index >= 15 is 0 Å². The predicted octanol–water partition coefficient (Wildman–Crippen LogP) is 4.87. The van der Waals surface area contributed by atoms with Crippen molar-refractivity contribution in [3.8, 4) is 5.75 Å². The maximum absolute atomic E-state index is 13.3. The van der Waals surface area contributed by atoms with Crippen LogP contribution in [0, 0.1) is 11.6 Å². The summed E-state index contributed by atoms with van der Waals surface area (Å²) in [6, 6.07) is 8.67. The van der Waals surface area contributed by atoms with Crippen LogP contribution in [0.4, 0.5) is 14.5 Å². The summed E-state index contributed by atoms with van der Waals surface area (Å²) in [5, 5.41) is 3.10. The lowest BCUT2D eigenvalue weighted by atomic mass is 10.3. The molecule has 2 rings (SSSR count). The summed E-state index contributed by atoms with van der Waals surface area (Å²) in [5.74, 6) is -0.434. The summed E-state index contributed by atoms with van der Waals surface area (Å²) in [5.41, 5.74) is 0.788. The molecule has 2 nitrogen and oxygen atoms in total. The highest BCUT2D eigenvalue weighted by Gasteiger charge is 2.07. The average molecular weight is 363 g/mol. The normalized spacial score (nSPS) is 10.4. The van der Waals surface area contributed by atoms with Crippen LogP contribution in [0.1, 0.15) is 0 Å². The first-order valence-corrected chi connectivity index (χ1v) is 7.00. The Morgan fingerprint density at radius 1 is 1.15 bits per heavy atom. The molecule has 0 fully saturated rings. The fraction of sp³-hybridized carbons (Fsp3) is 0.143. The van der Waals surface area contributed by atoms with Gasteiger partial charge in [0.05, 0.1) is 9.50 Å². The van der Waals surface area contributed by atoms with Crippen LogP contribution < -0.4 is 10.1 Å². The molecule has 0 atom stereocenters. The Labute approximate surface area is 128 Å². The van der Waals surface area contributed by atoms with E-state index in [2.05, 4.69) is 21.2 Å². The highest BCUT2D eigenvalue weighted by molar-refractivity contribution is 9.10. The van der Waals surface area contributed by atoms with Gasteiger partial charge in [0.25, 0.3) is 0 Å². The number of nitrogens with one attached hydrogen (secondary N) is 1. The topological polar surface area (TPSA) is 21.3 Å². The molecule has 2 aromatic carbocycles. The monoisotopic (exact) mass is 361 g/mol.